The van der Waals surface area contributed by atoms with Gasteiger partial charge >= 0.3 is 0 Å². The lowest BCUT2D eigenvalue weighted by Crippen LogP contribution is -2.45. The van der Waals surface area contributed by atoms with Gasteiger partial charge in [-0.15, -0.1) is 13.2 Å². The molecule has 0 N–H and O–H groups in total. The van der Waals surface area contributed by atoms with Gasteiger partial charge in [0.15, 0.2) is 0 Å². The summed E-state index contributed by atoms with van der Waals surface area (Å²) in [6.45, 7) is 6.07. The van der Waals surface area contributed by atoms with Gasteiger partial charge in [0.2, 0.25) is 0 Å². The summed E-state index contributed by atoms with van der Waals surface area (Å²) in [6, 6.07) is 0. The van der Waals surface area contributed by atoms with Gasteiger partial charge in [-0.2, -0.15) is 0 Å². The second-order valence-corrected chi connectivity index (χ2v) is 2.82. The van der Waals surface area contributed by atoms with Gasteiger partial charge in [0, 0.05) is 0 Å². The van der Waals surface area contributed by atoms with E-state index in [9.17, 15) is 9.90 Å². The average molecular weight is 145 g/mol. The highest BCUT2D eigenvalue weighted by Crippen LogP contribution is 1.84. The van der Waals surface area contributed by atoms with Crippen molar-refractivity contribution < 1.29 is 14.4 Å². The summed E-state index contributed by atoms with van der Waals surface area (Å²) in [5, 5.41) is 9.89. The van der Waals surface area contributed by atoms with Gasteiger partial charge in [-0.1, -0.05) is 0 Å². The van der Waals surface area contributed by atoms with Crippen LogP contribution < -0.4 is 5.11 Å². The van der Waals surface area contributed by atoms with Gasteiger partial charge in [-0.25, -0.2) is 0 Å². The number of likely N-dealkylation sites (N-methyl/N-ethyl adjacent to an activating group) is 1. The first-order valence-corrected chi connectivity index (χ1v) is 2.92. The van der Waals surface area contributed by atoms with E-state index in [1.165, 1.54) is 0 Å². The Morgan fingerprint density at radius 3 is 1.70 bits per heavy atom. The SMILES string of the molecule is C=C.C[N+](C)(C)CC(=O)[O-]. The van der Waals surface area contributed by atoms with Gasteiger partial charge in [-0.3, -0.25) is 0 Å². The predicted octanol–water partition coefficient (Wildman–Crippen LogP) is -0.755. The summed E-state index contributed by atoms with van der Waals surface area (Å²) in [5.41, 5.74) is 0. The number of hydrogen-bond donors (Lipinski definition) is 0. The standard InChI is InChI=1S/C5H11NO2.C2H4/c1-6(2,3)4-5(7)8;1-2/h4H2,1-3H3;1-2H2. The largest absolute Gasteiger partial charge is 0.544 e. The third kappa shape index (κ3) is 15.7. The molecule has 60 valence electrons. The summed E-state index contributed by atoms with van der Waals surface area (Å²) >= 11 is 0. The van der Waals surface area contributed by atoms with E-state index < -0.39 is 5.97 Å². The number of aliphatic carboxylic acids is 1. The lowest BCUT2D eigenvalue weighted by atomic mass is 10.5. The molecule has 0 saturated heterocycles. The molecule has 0 aliphatic carbocycles. The van der Waals surface area contributed by atoms with Gasteiger partial charge in [0.1, 0.15) is 6.54 Å². The fraction of sp³-hybridized carbons (Fsp3) is 0.571. The molecule has 0 aromatic heterocycles. The van der Waals surface area contributed by atoms with Crippen LogP contribution in [0.4, 0.5) is 0 Å². The molecule has 0 heterocycles. The molecule has 0 spiro atoms. The van der Waals surface area contributed by atoms with Crippen molar-refractivity contribution in [2.24, 2.45) is 0 Å². The number of carboxylic acid groups (broad SMARTS) is 1. The molecule has 10 heavy (non-hydrogen) atoms. The van der Waals surface area contributed by atoms with Crippen molar-refractivity contribution >= 4 is 5.97 Å². The van der Waals surface area contributed by atoms with Gasteiger partial charge in [0.25, 0.3) is 0 Å². The molecule has 0 amide bonds. The van der Waals surface area contributed by atoms with E-state index in [-0.39, 0.29) is 6.54 Å². The molecule has 0 rings (SSSR count). The monoisotopic (exact) mass is 145 g/mol. The Kier molecular flexibility index (Phi) is 5.95. The quantitative estimate of drug-likeness (QED) is 0.379. The predicted molar refractivity (Wildman–Crippen MR) is 39.2 cm³/mol. The Bertz CT molecular complexity index is 105. The molecule has 0 aliphatic heterocycles. The van der Waals surface area contributed by atoms with Crippen LogP contribution in [-0.2, 0) is 4.79 Å². The second kappa shape index (κ2) is 4.99. The number of quaternary nitrogens is 1. The number of carbonyl (C=O) groups excluding carboxylic acids is 1. The minimum atomic E-state index is -1.00. The van der Waals surface area contributed by atoms with Crippen LogP contribution >= 0.6 is 0 Å². The van der Waals surface area contributed by atoms with E-state index in [0.717, 1.165) is 0 Å². The lowest BCUT2D eigenvalue weighted by Gasteiger charge is -2.23. The van der Waals surface area contributed by atoms with Crippen LogP contribution in [0.15, 0.2) is 13.2 Å². The molecule has 3 nitrogen and oxygen atoms in total. The van der Waals surface area contributed by atoms with Gasteiger partial charge in [-0.05, 0) is 0 Å². The molecule has 0 aromatic rings. The topological polar surface area (TPSA) is 40.1 Å². The molecule has 0 atom stereocenters. The first-order chi connectivity index (χ1) is 4.42. The molecular weight excluding hydrogens is 130 g/mol. The van der Waals surface area contributed by atoms with Crippen molar-refractivity contribution in [3.8, 4) is 0 Å². The molecule has 0 saturated carbocycles. The first kappa shape index (κ1) is 11.9. The van der Waals surface area contributed by atoms with Crippen LogP contribution in [-0.4, -0.2) is 38.1 Å². The molecule has 0 bridgehead atoms. The van der Waals surface area contributed by atoms with Crippen molar-refractivity contribution in [1.82, 2.24) is 0 Å². The van der Waals surface area contributed by atoms with Crippen LogP contribution in [0.2, 0.25) is 0 Å². The second-order valence-electron chi connectivity index (χ2n) is 2.82. The number of carbonyl (C=O) groups is 1. The third-order valence-electron chi connectivity index (χ3n) is 0.603. The summed E-state index contributed by atoms with van der Waals surface area (Å²) in [4.78, 5) is 9.89. The smallest absolute Gasteiger partial charge is 0.118 e. The highest BCUT2D eigenvalue weighted by Gasteiger charge is 2.04. The molecular formula is C7H15NO2. The van der Waals surface area contributed by atoms with E-state index in [2.05, 4.69) is 13.2 Å². The molecule has 0 aliphatic rings. The fourth-order valence-electron chi connectivity index (χ4n) is 0.387. The molecule has 3 heteroatoms. The highest BCUT2D eigenvalue weighted by atomic mass is 16.4. The van der Waals surface area contributed by atoms with Crippen molar-refractivity contribution in [1.29, 1.82) is 0 Å². The zero-order chi connectivity index (χ0) is 8.78. The van der Waals surface area contributed by atoms with E-state index >= 15 is 0 Å². The molecule has 0 unspecified atom stereocenters. The van der Waals surface area contributed by atoms with Crippen molar-refractivity contribution in [3.05, 3.63) is 13.2 Å². The summed E-state index contributed by atoms with van der Waals surface area (Å²) in [6.07, 6.45) is 0. The van der Waals surface area contributed by atoms with Crippen molar-refractivity contribution in [3.63, 3.8) is 0 Å². The molecule has 0 radical (unpaired) electrons. The minimum absolute atomic E-state index is 0.0694. The Balaban J connectivity index is 0. The average Bonchev–Trinajstić information content (AvgIpc) is 1.64. The van der Waals surface area contributed by atoms with Crippen LogP contribution in [0.25, 0.3) is 0 Å². The summed E-state index contributed by atoms with van der Waals surface area (Å²) in [7, 11) is 5.40. The maximum absolute atomic E-state index is 9.89. The maximum atomic E-state index is 9.89. The zero-order valence-corrected chi connectivity index (χ0v) is 6.89. The van der Waals surface area contributed by atoms with E-state index in [4.69, 9.17) is 0 Å². The number of rotatable bonds is 2. The molecule has 0 fully saturated rings. The normalized spacial score (nSPS) is 9.50. The number of carboxylic acids is 1. The van der Waals surface area contributed by atoms with E-state index in [1.807, 2.05) is 0 Å². The molecule has 0 aromatic carbocycles. The maximum Gasteiger partial charge on any atom is 0.118 e. The minimum Gasteiger partial charge on any atom is -0.544 e. The van der Waals surface area contributed by atoms with E-state index in [1.54, 1.807) is 21.1 Å². The number of hydrogen-bond acceptors (Lipinski definition) is 2. The fourth-order valence-corrected chi connectivity index (χ4v) is 0.387. The highest BCUT2D eigenvalue weighted by molar-refractivity contribution is 5.65. The summed E-state index contributed by atoms with van der Waals surface area (Å²) < 4.78 is 0.419. The van der Waals surface area contributed by atoms with Crippen LogP contribution in [0.5, 0.6) is 0 Å². The lowest BCUT2D eigenvalue weighted by molar-refractivity contribution is -0.864. The summed E-state index contributed by atoms with van der Waals surface area (Å²) in [5.74, 6) is -1.00. The Hall–Kier alpha value is -0.830. The van der Waals surface area contributed by atoms with Gasteiger partial charge < -0.3 is 14.4 Å². The number of nitrogens with zero attached hydrogens (tertiary/aromatic N) is 1. The third-order valence-corrected chi connectivity index (χ3v) is 0.603. The van der Waals surface area contributed by atoms with Crippen molar-refractivity contribution in [2.75, 3.05) is 27.7 Å². The van der Waals surface area contributed by atoms with Crippen LogP contribution in [0.3, 0.4) is 0 Å². The van der Waals surface area contributed by atoms with E-state index in [0.29, 0.717) is 4.48 Å². The Morgan fingerprint density at radius 1 is 1.40 bits per heavy atom. The van der Waals surface area contributed by atoms with Crippen LogP contribution in [0, 0.1) is 0 Å². The van der Waals surface area contributed by atoms with Crippen LogP contribution in [0.1, 0.15) is 0 Å². The first-order valence-electron chi connectivity index (χ1n) is 2.92. The Labute approximate surface area is 62.2 Å². The van der Waals surface area contributed by atoms with Gasteiger partial charge in [0.05, 0.1) is 27.1 Å². The zero-order valence-electron chi connectivity index (χ0n) is 6.89. The Morgan fingerprint density at radius 2 is 1.70 bits per heavy atom. The van der Waals surface area contributed by atoms with Crippen molar-refractivity contribution in [2.45, 2.75) is 0 Å².